The van der Waals surface area contributed by atoms with E-state index in [-0.39, 0.29) is 10.7 Å². The molecule has 0 aliphatic rings. The summed E-state index contributed by atoms with van der Waals surface area (Å²) in [4.78, 5) is 11.4. The molecule has 0 spiro atoms. The molecular weight excluding hydrogens is 184 g/mol. The Bertz CT molecular complexity index is 137. The third kappa shape index (κ3) is 3.68. The summed E-state index contributed by atoms with van der Waals surface area (Å²) in [5.41, 5.74) is -0.222. The molecule has 0 radical (unpaired) electrons. The molecule has 0 rings (SSSR count). The first-order valence-corrected chi connectivity index (χ1v) is 5.70. The first-order valence-electron chi connectivity index (χ1n) is 5.33. The van der Waals surface area contributed by atoms with Crippen molar-refractivity contribution in [3.63, 3.8) is 0 Å². The molecule has 0 aromatic heterocycles. The van der Waals surface area contributed by atoms with Gasteiger partial charge in [0.15, 0.2) is 0 Å². The highest BCUT2D eigenvalue weighted by molar-refractivity contribution is 6.64. The van der Waals surface area contributed by atoms with E-state index in [0.29, 0.717) is 0 Å². The Morgan fingerprint density at radius 3 is 1.46 bits per heavy atom. The van der Waals surface area contributed by atoms with Gasteiger partial charge in [-0.25, -0.2) is 0 Å². The van der Waals surface area contributed by atoms with Crippen molar-refractivity contribution in [1.82, 2.24) is 0 Å². The quantitative estimate of drug-likeness (QED) is 0.570. The first kappa shape index (κ1) is 13.0. The van der Waals surface area contributed by atoms with Gasteiger partial charge in [-0.1, -0.05) is 40.0 Å². The summed E-state index contributed by atoms with van der Waals surface area (Å²) in [5, 5.41) is -0.127. The number of halogens is 1. The van der Waals surface area contributed by atoms with Crippen molar-refractivity contribution < 1.29 is 4.79 Å². The first-order chi connectivity index (χ1) is 6.13. The maximum Gasteiger partial charge on any atom is 0.227 e. The van der Waals surface area contributed by atoms with E-state index in [1.165, 1.54) is 0 Å². The van der Waals surface area contributed by atoms with E-state index in [1.807, 2.05) is 0 Å². The fourth-order valence-corrected chi connectivity index (χ4v) is 2.39. The minimum Gasteiger partial charge on any atom is -0.281 e. The van der Waals surface area contributed by atoms with Crippen LogP contribution in [0, 0.1) is 5.41 Å². The topological polar surface area (TPSA) is 17.1 Å². The van der Waals surface area contributed by atoms with E-state index in [2.05, 4.69) is 20.8 Å². The van der Waals surface area contributed by atoms with Crippen LogP contribution in [0.4, 0.5) is 0 Å². The lowest BCUT2D eigenvalue weighted by Crippen LogP contribution is -2.27. The Balaban J connectivity index is 4.48. The Morgan fingerprint density at radius 2 is 1.31 bits per heavy atom. The molecule has 0 bridgehead atoms. The molecule has 0 aromatic rings. The molecular formula is C11H21ClO. The fourth-order valence-electron chi connectivity index (χ4n) is 2.11. The summed E-state index contributed by atoms with van der Waals surface area (Å²) in [6, 6.07) is 0. The summed E-state index contributed by atoms with van der Waals surface area (Å²) in [6.45, 7) is 6.33. The number of carbonyl (C=O) groups excluding carboxylic acids is 1. The van der Waals surface area contributed by atoms with Gasteiger partial charge in [-0.15, -0.1) is 0 Å². The second kappa shape index (κ2) is 6.42. The lowest BCUT2D eigenvalue weighted by molar-refractivity contribution is -0.121. The Morgan fingerprint density at radius 1 is 1.00 bits per heavy atom. The van der Waals surface area contributed by atoms with Gasteiger partial charge in [0.2, 0.25) is 5.24 Å². The van der Waals surface area contributed by atoms with Crippen LogP contribution in [-0.2, 0) is 4.79 Å². The molecule has 0 aromatic carbocycles. The van der Waals surface area contributed by atoms with Crippen molar-refractivity contribution in [2.24, 2.45) is 5.41 Å². The van der Waals surface area contributed by atoms with E-state index in [0.717, 1.165) is 38.5 Å². The Labute approximate surface area is 86.9 Å². The standard InChI is InChI=1S/C11H21ClO/c1-4-7-11(8-5-2,9-6-3)10(12)13/h4-9H2,1-3H3. The van der Waals surface area contributed by atoms with Crippen LogP contribution < -0.4 is 0 Å². The molecule has 0 N–H and O–H groups in total. The molecule has 0 saturated heterocycles. The van der Waals surface area contributed by atoms with E-state index in [1.54, 1.807) is 0 Å². The van der Waals surface area contributed by atoms with Gasteiger partial charge in [0.25, 0.3) is 0 Å². The smallest absolute Gasteiger partial charge is 0.227 e. The van der Waals surface area contributed by atoms with E-state index < -0.39 is 0 Å². The average Bonchev–Trinajstić information content (AvgIpc) is 2.05. The Kier molecular flexibility index (Phi) is 6.40. The minimum atomic E-state index is -0.222. The minimum absolute atomic E-state index is 0.127. The van der Waals surface area contributed by atoms with Crippen LogP contribution in [0.5, 0.6) is 0 Å². The van der Waals surface area contributed by atoms with Crippen molar-refractivity contribution in [2.75, 3.05) is 0 Å². The number of carbonyl (C=O) groups is 1. The lowest BCUT2D eigenvalue weighted by Gasteiger charge is -2.28. The number of hydrogen-bond acceptors (Lipinski definition) is 1. The van der Waals surface area contributed by atoms with Gasteiger partial charge in [0.1, 0.15) is 0 Å². The fraction of sp³-hybridized carbons (Fsp3) is 0.909. The summed E-state index contributed by atoms with van der Waals surface area (Å²) in [6.07, 6.45) is 5.94. The van der Waals surface area contributed by atoms with Gasteiger partial charge >= 0.3 is 0 Å². The zero-order chi connectivity index (χ0) is 10.3. The molecule has 0 aliphatic heterocycles. The zero-order valence-electron chi connectivity index (χ0n) is 9.03. The Hall–Kier alpha value is -0.0400. The molecule has 0 aliphatic carbocycles. The van der Waals surface area contributed by atoms with Gasteiger partial charge in [0.05, 0.1) is 0 Å². The molecule has 0 fully saturated rings. The third-order valence-electron chi connectivity index (χ3n) is 2.60. The molecule has 78 valence electrons. The molecule has 0 unspecified atom stereocenters. The molecule has 0 amide bonds. The molecule has 1 nitrogen and oxygen atoms in total. The van der Waals surface area contributed by atoms with Crippen molar-refractivity contribution in [2.45, 2.75) is 59.3 Å². The normalized spacial score (nSPS) is 11.7. The van der Waals surface area contributed by atoms with Crippen LogP contribution in [-0.4, -0.2) is 5.24 Å². The SMILES string of the molecule is CCCC(CCC)(CCC)C(=O)Cl. The lowest BCUT2D eigenvalue weighted by atomic mass is 9.77. The molecule has 0 atom stereocenters. The molecule has 0 heterocycles. The highest BCUT2D eigenvalue weighted by Gasteiger charge is 2.33. The van der Waals surface area contributed by atoms with E-state index in [4.69, 9.17) is 11.6 Å². The van der Waals surface area contributed by atoms with Gasteiger partial charge < -0.3 is 0 Å². The molecule has 0 saturated carbocycles. The second-order valence-electron chi connectivity index (χ2n) is 3.80. The number of hydrogen-bond donors (Lipinski definition) is 0. The zero-order valence-corrected chi connectivity index (χ0v) is 9.78. The van der Waals surface area contributed by atoms with E-state index in [9.17, 15) is 4.79 Å². The highest BCUT2D eigenvalue weighted by Crippen LogP contribution is 2.37. The van der Waals surface area contributed by atoms with Crippen LogP contribution in [0.3, 0.4) is 0 Å². The van der Waals surface area contributed by atoms with E-state index >= 15 is 0 Å². The predicted octanol–water partition coefficient (Wildman–Crippen LogP) is 4.14. The summed E-state index contributed by atoms with van der Waals surface area (Å²) in [5.74, 6) is 0. The van der Waals surface area contributed by atoms with Crippen LogP contribution >= 0.6 is 11.6 Å². The monoisotopic (exact) mass is 204 g/mol. The van der Waals surface area contributed by atoms with Crippen LogP contribution in [0.15, 0.2) is 0 Å². The molecule has 13 heavy (non-hydrogen) atoms. The third-order valence-corrected chi connectivity index (χ3v) is 3.00. The highest BCUT2D eigenvalue weighted by atomic mass is 35.5. The van der Waals surface area contributed by atoms with Crippen molar-refractivity contribution in [1.29, 1.82) is 0 Å². The largest absolute Gasteiger partial charge is 0.281 e. The van der Waals surface area contributed by atoms with Gasteiger partial charge in [0, 0.05) is 5.41 Å². The summed E-state index contributed by atoms with van der Waals surface area (Å²) >= 11 is 5.70. The van der Waals surface area contributed by atoms with Gasteiger partial charge in [-0.3, -0.25) is 4.79 Å². The van der Waals surface area contributed by atoms with Crippen molar-refractivity contribution in [3.8, 4) is 0 Å². The van der Waals surface area contributed by atoms with Crippen LogP contribution in [0.1, 0.15) is 59.3 Å². The summed E-state index contributed by atoms with van der Waals surface area (Å²) in [7, 11) is 0. The second-order valence-corrected chi connectivity index (χ2v) is 4.15. The van der Waals surface area contributed by atoms with Crippen LogP contribution in [0.25, 0.3) is 0 Å². The van der Waals surface area contributed by atoms with Crippen molar-refractivity contribution >= 4 is 16.8 Å². The summed E-state index contributed by atoms with van der Waals surface area (Å²) < 4.78 is 0. The van der Waals surface area contributed by atoms with Gasteiger partial charge in [-0.05, 0) is 30.9 Å². The molecule has 2 heteroatoms. The predicted molar refractivity (Wildman–Crippen MR) is 58.0 cm³/mol. The maximum atomic E-state index is 11.4. The van der Waals surface area contributed by atoms with Crippen LogP contribution in [0.2, 0.25) is 0 Å². The van der Waals surface area contributed by atoms with Crippen molar-refractivity contribution in [3.05, 3.63) is 0 Å². The maximum absolute atomic E-state index is 11.4. The average molecular weight is 205 g/mol. The number of rotatable bonds is 7. The van der Waals surface area contributed by atoms with Gasteiger partial charge in [-0.2, -0.15) is 0 Å².